The van der Waals surface area contributed by atoms with Crippen molar-refractivity contribution in [2.75, 3.05) is 30.9 Å². The Labute approximate surface area is 175 Å². The van der Waals surface area contributed by atoms with Gasteiger partial charge in [0.05, 0.1) is 0 Å². The van der Waals surface area contributed by atoms with Crippen LogP contribution in [0, 0.1) is 6.92 Å². The van der Waals surface area contributed by atoms with Crippen molar-refractivity contribution in [2.45, 2.75) is 58.0 Å². The number of nitrogens with one attached hydrogen (secondary N) is 1. The van der Waals surface area contributed by atoms with E-state index in [4.69, 9.17) is 4.74 Å². The number of nitrogens with zero attached hydrogens (tertiary/aromatic N) is 1. The summed E-state index contributed by atoms with van der Waals surface area (Å²) in [6, 6.07) is 11.2. The minimum absolute atomic E-state index is 0. The summed E-state index contributed by atoms with van der Waals surface area (Å²) in [6.07, 6.45) is 7.90. The summed E-state index contributed by atoms with van der Waals surface area (Å²) < 4.78 is 6.22. The molecule has 0 atom stereocenters. The van der Waals surface area contributed by atoms with E-state index in [2.05, 4.69) is 61.6 Å². The molecule has 0 aromatic heterocycles. The number of fused-ring (bicyclic) bond motifs is 1. The maximum atomic E-state index is 6.22. The van der Waals surface area contributed by atoms with E-state index in [1.807, 2.05) is 0 Å². The predicted molar refractivity (Wildman–Crippen MR) is 122 cm³/mol. The summed E-state index contributed by atoms with van der Waals surface area (Å²) in [4.78, 5) is 2.26. The Morgan fingerprint density at radius 1 is 1.07 bits per heavy atom. The third-order valence-electron chi connectivity index (χ3n) is 6.26. The van der Waals surface area contributed by atoms with E-state index in [1.54, 1.807) is 0 Å². The maximum Gasteiger partial charge on any atom is 0.123 e. The van der Waals surface area contributed by atoms with E-state index < -0.39 is 0 Å². The van der Waals surface area contributed by atoms with Gasteiger partial charge in [0.25, 0.3) is 0 Å². The van der Waals surface area contributed by atoms with E-state index in [0.29, 0.717) is 6.61 Å². The molecule has 1 heterocycles. The number of rotatable bonds is 5. The van der Waals surface area contributed by atoms with Crippen LogP contribution < -0.4 is 15.0 Å². The van der Waals surface area contributed by atoms with Gasteiger partial charge < -0.3 is 15.0 Å². The van der Waals surface area contributed by atoms with Gasteiger partial charge in [0.2, 0.25) is 0 Å². The van der Waals surface area contributed by atoms with Gasteiger partial charge >= 0.3 is 0 Å². The first-order valence-electron chi connectivity index (χ1n) is 10.4. The maximum absolute atomic E-state index is 6.22. The molecule has 152 valence electrons. The standard InChI is InChI=1S/C24H32N2O.ClH/c1-17-20-13-14-25-22(20)11-12-24(17)27-16-18-9-10-21(23(15-18)26(2)3)19-7-5-4-6-8-19;/h9-12,15,19,25H,4-8,13-14,16H2,1-3H3;1H. The lowest BCUT2D eigenvalue weighted by Gasteiger charge is -2.27. The molecule has 1 aliphatic carbocycles. The van der Waals surface area contributed by atoms with Crippen LogP contribution in [0.25, 0.3) is 0 Å². The lowest BCUT2D eigenvalue weighted by molar-refractivity contribution is 0.304. The fourth-order valence-corrected chi connectivity index (χ4v) is 4.69. The monoisotopic (exact) mass is 400 g/mol. The molecular weight excluding hydrogens is 368 g/mol. The molecule has 1 aliphatic heterocycles. The number of benzene rings is 2. The minimum Gasteiger partial charge on any atom is -0.489 e. The van der Waals surface area contributed by atoms with Crippen LogP contribution in [0.1, 0.15) is 60.3 Å². The highest BCUT2D eigenvalue weighted by Gasteiger charge is 2.20. The average Bonchev–Trinajstić information content (AvgIpc) is 3.17. The van der Waals surface area contributed by atoms with Crippen LogP contribution in [0.2, 0.25) is 0 Å². The third kappa shape index (κ3) is 4.25. The molecule has 0 unspecified atom stereocenters. The van der Waals surface area contributed by atoms with Gasteiger partial charge in [-0.05, 0) is 72.6 Å². The van der Waals surface area contributed by atoms with Crippen molar-refractivity contribution in [3.8, 4) is 5.75 Å². The van der Waals surface area contributed by atoms with Crippen LogP contribution in [0.15, 0.2) is 30.3 Å². The first kappa shape index (κ1) is 20.9. The summed E-state index contributed by atoms with van der Waals surface area (Å²) in [5, 5.41) is 3.44. The average molecular weight is 401 g/mol. The van der Waals surface area contributed by atoms with Crippen molar-refractivity contribution in [1.29, 1.82) is 0 Å². The fraction of sp³-hybridized carbons (Fsp3) is 0.500. The second-order valence-electron chi connectivity index (χ2n) is 8.30. The quantitative estimate of drug-likeness (QED) is 0.658. The van der Waals surface area contributed by atoms with Crippen LogP contribution in [0.3, 0.4) is 0 Å². The van der Waals surface area contributed by atoms with Gasteiger partial charge in [-0.15, -0.1) is 12.4 Å². The molecule has 0 spiro atoms. The lowest BCUT2D eigenvalue weighted by atomic mass is 9.83. The summed E-state index contributed by atoms with van der Waals surface area (Å²) in [5.41, 5.74) is 8.09. The van der Waals surface area contributed by atoms with Crippen molar-refractivity contribution in [3.63, 3.8) is 0 Å². The minimum atomic E-state index is 0. The van der Waals surface area contributed by atoms with Gasteiger partial charge in [-0.1, -0.05) is 31.4 Å². The highest BCUT2D eigenvalue weighted by Crippen LogP contribution is 2.38. The molecule has 2 aromatic carbocycles. The summed E-state index contributed by atoms with van der Waals surface area (Å²) >= 11 is 0. The van der Waals surface area contributed by atoms with Crippen molar-refractivity contribution < 1.29 is 4.74 Å². The predicted octanol–water partition coefficient (Wildman–Crippen LogP) is 6.08. The largest absolute Gasteiger partial charge is 0.489 e. The molecule has 2 aliphatic rings. The Hall–Kier alpha value is -1.87. The van der Waals surface area contributed by atoms with Crippen molar-refractivity contribution in [1.82, 2.24) is 0 Å². The van der Waals surface area contributed by atoms with Crippen LogP contribution in [-0.2, 0) is 13.0 Å². The first-order valence-corrected chi connectivity index (χ1v) is 10.4. The van der Waals surface area contributed by atoms with Crippen LogP contribution in [-0.4, -0.2) is 20.6 Å². The molecule has 0 amide bonds. The molecule has 0 bridgehead atoms. The van der Waals surface area contributed by atoms with Gasteiger partial charge in [-0.2, -0.15) is 0 Å². The molecule has 1 N–H and O–H groups in total. The summed E-state index contributed by atoms with van der Waals surface area (Å²) in [6.45, 7) is 3.84. The molecule has 4 heteroatoms. The van der Waals surface area contributed by atoms with Crippen LogP contribution >= 0.6 is 12.4 Å². The van der Waals surface area contributed by atoms with E-state index in [1.165, 1.54) is 65.7 Å². The van der Waals surface area contributed by atoms with Crippen molar-refractivity contribution >= 4 is 23.8 Å². The number of halogens is 1. The Balaban J connectivity index is 0.00000225. The van der Waals surface area contributed by atoms with Gasteiger partial charge in [0, 0.05) is 32.0 Å². The molecule has 0 radical (unpaired) electrons. The lowest BCUT2D eigenvalue weighted by Crippen LogP contribution is -2.15. The number of ether oxygens (including phenoxy) is 1. The Kier molecular flexibility index (Phi) is 6.77. The molecule has 4 rings (SSSR count). The van der Waals surface area contributed by atoms with E-state index in [-0.39, 0.29) is 12.4 Å². The Morgan fingerprint density at radius 3 is 2.61 bits per heavy atom. The third-order valence-corrected chi connectivity index (χ3v) is 6.26. The number of hydrogen-bond acceptors (Lipinski definition) is 3. The molecule has 0 saturated heterocycles. The number of hydrogen-bond donors (Lipinski definition) is 1. The normalized spacial score (nSPS) is 16.1. The molecular formula is C24H33ClN2O. The highest BCUT2D eigenvalue weighted by atomic mass is 35.5. The fourth-order valence-electron chi connectivity index (χ4n) is 4.69. The molecule has 1 fully saturated rings. The zero-order chi connectivity index (χ0) is 18.8. The topological polar surface area (TPSA) is 24.5 Å². The smallest absolute Gasteiger partial charge is 0.123 e. The van der Waals surface area contributed by atoms with E-state index in [9.17, 15) is 0 Å². The highest BCUT2D eigenvalue weighted by molar-refractivity contribution is 5.85. The summed E-state index contributed by atoms with van der Waals surface area (Å²) in [7, 11) is 4.31. The van der Waals surface area contributed by atoms with Gasteiger partial charge in [0.15, 0.2) is 0 Å². The van der Waals surface area contributed by atoms with Crippen molar-refractivity contribution in [3.05, 3.63) is 52.6 Å². The van der Waals surface area contributed by atoms with E-state index >= 15 is 0 Å². The molecule has 1 saturated carbocycles. The number of anilines is 2. The molecule has 28 heavy (non-hydrogen) atoms. The second kappa shape index (κ2) is 9.09. The first-order chi connectivity index (χ1) is 13.1. The zero-order valence-electron chi connectivity index (χ0n) is 17.4. The van der Waals surface area contributed by atoms with Gasteiger partial charge in [-0.3, -0.25) is 0 Å². The molecule has 3 nitrogen and oxygen atoms in total. The van der Waals surface area contributed by atoms with Gasteiger partial charge in [-0.25, -0.2) is 0 Å². The van der Waals surface area contributed by atoms with Crippen LogP contribution in [0.5, 0.6) is 5.75 Å². The van der Waals surface area contributed by atoms with E-state index in [0.717, 1.165) is 24.6 Å². The molecule has 2 aromatic rings. The SMILES string of the molecule is Cc1c(OCc2ccc(C3CCCCC3)c(N(C)C)c2)ccc2c1CCN2.Cl. The zero-order valence-corrected chi connectivity index (χ0v) is 18.2. The Morgan fingerprint density at radius 2 is 1.86 bits per heavy atom. The summed E-state index contributed by atoms with van der Waals surface area (Å²) in [5.74, 6) is 1.73. The van der Waals surface area contributed by atoms with Gasteiger partial charge in [0.1, 0.15) is 12.4 Å². The second-order valence-corrected chi connectivity index (χ2v) is 8.30. The van der Waals surface area contributed by atoms with Crippen LogP contribution in [0.4, 0.5) is 11.4 Å². The van der Waals surface area contributed by atoms with Crippen molar-refractivity contribution in [2.24, 2.45) is 0 Å². The Bertz CT molecular complexity index is 812.